The molecule has 0 fully saturated rings. The number of rotatable bonds is 7. The Kier molecular flexibility index (Phi) is 7.26. The van der Waals surface area contributed by atoms with Gasteiger partial charge in [-0.05, 0) is 30.9 Å². The van der Waals surface area contributed by atoms with Crippen molar-refractivity contribution in [2.75, 3.05) is 24.0 Å². The first-order chi connectivity index (χ1) is 8.95. The highest BCUT2D eigenvalue weighted by Crippen LogP contribution is 2.25. The Hall–Kier alpha value is -0.190. The highest BCUT2D eigenvalue weighted by molar-refractivity contribution is 9.10. The predicted molar refractivity (Wildman–Crippen MR) is 92.4 cm³/mol. The first kappa shape index (κ1) is 16.9. The van der Waals surface area contributed by atoms with Crippen molar-refractivity contribution in [1.82, 2.24) is 5.32 Å². The molecular weight excluding hydrogens is 320 g/mol. The standard InChI is InChI=1S/C15H25BrN2S/c1-11(2)17-9-13-6-7-14(8-15(13)16)18(4)12(3)10-19-5/h6-8,11-12,17H,9-10H2,1-5H3. The van der Waals surface area contributed by atoms with Crippen molar-refractivity contribution in [1.29, 1.82) is 0 Å². The normalized spacial score (nSPS) is 12.8. The van der Waals surface area contributed by atoms with Gasteiger partial charge in [-0.15, -0.1) is 0 Å². The van der Waals surface area contributed by atoms with Crippen molar-refractivity contribution < 1.29 is 0 Å². The molecule has 1 rings (SSSR count). The van der Waals surface area contributed by atoms with Crippen LogP contribution in [0.1, 0.15) is 26.3 Å². The molecule has 108 valence electrons. The Morgan fingerprint density at radius 3 is 2.53 bits per heavy atom. The molecule has 0 amide bonds. The molecule has 1 aromatic carbocycles. The van der Waals surface area contributed by atoms with E-state index < -0.39 is 0 Å². The van der Waals surface area contributed by atoms with Crippen LogP contribution in [0.25, 0.3) is 0 Å². The molecule has 1 N–H and O–H groups in total. The Morgan fingerprint density at radius 1 is 1.32 bits per heavy atom. The van der Waals surface area contributed by atoms with Crippen LogP contribution in [0.15, 0.2) is 22.7 Å². The average Bonchev–Trinajstić information content (AvgIpc) is 2.36. The third kappa shape index (κ3) is 5.36. The second-order valence-corrected chi connectivity index (χ2v) is 6.99. The van der Waals surface area contributed by atoms with Gasteiger partial charge in [0.1, 0.15) is 0 Å². The van der Waals surface area contributed by atoms with Gasteiger partial charge in [0.2, 0.25) is 0 Å². The first-order valence-electron chi connectivity index (χ1n) is 6.69. The SMILES string of the molecule is CSCC(C)N(C)c1ccc(CNC(C)C)c(Br)c1. The molecule has 19 heavy (non-hydrogen) atoms. The average molecular weight is 345 g/mol. The summed E-state index contributed by atoms with van der Waals surface area (Å²) in [6, 6.07) is 7.68. The molecule has 0 bridgehead atoms. The summed E-state index contributed by atoms with van der Waals surface area (Å²) in [6.45, 7) is 7.50. The van der Waals surface area contributed by atoms with Crippen molar-refractivity contribution in [2.24, 2.45) is 0 Å². The quantitative estimate of drug-likeness (QED) is 0.800. The maximum atomic E-state index is 3.68. The van der Waals surface area contributed by atoms with Crippen molar-refractivity contribution in [3.8, 4) is 0 Å². The van der Waals surface area contributed by atoms with E-state index in [4.69, 9.17) is 0 Å². The third-order valence-corrected chi connectivity index (χ3v) is 4.77. The number of nitrogens with zero attached hydrogens (tertiary/aromatic N) is 1. The van der Waals surface area contributed by atoms with Gasteiger partial charge in [-0.3, -0.25) is 0 Å². The van der Waals surface area contributed by atoms with Gasteiger partial charge < -0.3 is 10.2 Å². The molecule has 1 atom stereocenters. The Bertz CT molecular complexity index is 396. The number of hydrogen-bond donors (Lipinski definition) is 1. The van der Waals surface area contributed by atoms with Crippen LogP contribution < -0.4 is 10.2 Å². The monoisotopic (exact) mass is 344 g/mol. The summed E-state index contributed by atoms with van der Waals surface area (Å²) in [5, 5.41) is 3.45. The zero-order valence-electron chi connectivity index (χ0n) is 12.5. The zero-order valence-corrected chi connectivity index (χ0v) is 14.9. The minimum atomic E-state index is 0.510. The number of benzene rings is 1. The van der Waals surface area contributed by atoms with Gasteiger partial charge in [0, 0.05) is 41.6 Å². The number of nitrogens with one attached hydrogen (secondary N) is 1. The maximum Gasteiger partial charge on any atom is 0.0377 e. The number of hydrogen-bond acceptors (Lipinski definition) is 3. The summed E-state index contributed by atoms with van der Waals surface area (Å²) in [5.41, 5.74) is 2.57. The summed E-state index contributed by atoms with van der Waals surface area (Å²) in [5.74, 6) is 1.14. The highest BCUT2D eigenvalue weighted by Gasteiger charge is 2.11. The lowest BCUT2D eigenvalue weighted by molar-refractivity contribution is 0.588. The molecule has 0 heterocycles. The zero-order chi connectivity index (χ0) is 14.4. The minimum Gasteiger partial charge on any atom is -0.371 e. The lowest BCUT2D eigenvalue weighted by Crippen LogP contribution is -2.30. The molecule has 0 saturated carbocycles. The van der Waals surface area contributed by atoms with E-state index in [0.29, 0.717) is 12.1 Å². The van der Waals surface area contributed by atoms with E-state index in [1.165, 1.54) is 15.7 Å². The lowest BCUT2D eigenvalue weighted by Gasteiger charge is -2.27. The van der Waals surface area contributed by atoms with Crippen LogP contribution >= 0.6 is 27.7 Å². The lowest BCUT2D eigenvalue weighted by atomic mass is 10.1. The van der Waals surface area contributed by atoms with Crippen LogP contribution in [0.3, 0.4) is 0 Å². The van der Waals surface area contributed by atoms with Gasteiger partial charge in [-0.2, -0.15) is 11.8 Å². The second-order valence-electron chi connectivity index (χ2n) is 5.23. The fourth-order valence-electron chi connectivity index (χ4n) is 1.82. The second kappa shape index (κ2) is 8.18. The van der Waals surface area contributed by atoms with Crippen LogP contribution in [0.2, 0.25) is 0 Å². The molecule has 0 saturated heterocycles. The van der Waals surface area contributed by atoms with Gasteiger partial charge in [-0.25, -0.2) is 0 Å². The van der Waals surface area contributed by atoms with Crippen molar-refractivity contribution in [3.63, 3.8) is 0 Å². The number of halogens is 1. The minimum absolute atomic E-state index is 0.510. The van der Waals surface area contributed by atoms with E-state index in [0.717, 1.165) is 12.3 Å². The van der Waals surface area contributed by atoms with Crippen molar-refractivity contribution in [2.45, 2.75) is 39.4 Å². The molecule has 1 aromatic rings. The van der Waals surface area contributed by atoms with Gasteiger partial charge in [0.05, 0.1) is 0 Å². The van der Waals surface area contributed by atoms with Gasteiger partial charge in [-0.1, -0.05) is 35.8 Å². The van der Waals surface area contributed by atoms with Crippen LogP contribution in [0.5, 0.6) is 0 Å². The molecule has 0 aliphatic carbocycles. The smallest absolute Gasteiger partial charge is 0.0377 e. The fraction of sp³-hybridized carbons (Fsp3) is 0.600. The van der Waals surface area contributed by atoms with E-state index in [1.807, 2.05) is 11.8 Å². The van der Waals surface area contributed by atoms with Crippen LogP contribution in [-0.2, 0) is 6.54 Å². The molecule has 4 heteroatoms. The van der Waals surface area contributed by atoms with Crippen LogP contribution in [-0.4, -0.2) is 31.1 Å². The predicted octanol–water partition coefficient (Wildman–Crippen LogP) is 4.13. The topological polar surface area (TPSA) is 15.3 Å². The molecule has 0 spiro atoms. The Labute approximate surface area is 130 Å². The molecule has 0 aliphatic heterocycles. The van der Waals surface area contributed by atoms with Gasteiger partial charge in [0.25, 0.3) is 0 Å². The number of thioether (sulfide) groups is 1. The summed E-state index contributed by atoms with van der Waals surface area (Å²) in [7, 11) is 2.16. The molecule has 1 unspecified atom stereocenters. The molecule has 0 aliphatic rings. The molecule has 0 aromatic heterocycles. The Morgan fingerprint density at radius 2 is 2.00 bits per heavy atom. The van der Waals surface area contributed by atoms with E-state index in [2.05, 4.69) is 78.4 Å². The first-order valence-corrected chi connectivity index (χ1v) is 8.88. The summed E-state index contributed by atoms with van der Waals surface area (Å²) in [4.78, 5) is 2.33. The van der Waals surface area contributed by atoms with E-state index in [-0.39, 0.29) is 0 Å². The maximum absolute atomic E-state index is 3.68. The largest absolute Gasteiger partial charge is 0.371 e. The van der Waals surface area contributed by atoms with Crippen molar-refractivity contribution >= 4 is 33.4 Å². The third-order valence-electron chi connectivity index (χ3n) is 3.21. The Balaban J connectivity index is 2.75. The fourth-order valence-corrected chi connectivity index (χ4v) is 3.03. The highest BCUT2D eigenvalue weighted by atomic mass is 79.9. The van der Waals surface area contributed by atoms with E-state index >= 15 is 0 Å². The number of anilines is 1. The van der Waals surface area contributed by atoms with Gasteiger partial charge in [0.15, 0.2) is 0 Å². The summed E-state index contributed by atoms with van der Waals surface area (Å²) in [6.07, 6.45) is 2.15. The van der Waals surface area contributed by atoms with Crippen LogP contribution in [0.4, 0.5) is 5.69 Å². The van der Waals surface area contributed by atoms with E-state index in [9.17, 15) is 0 Å². The van der Waals surface area contributed by atoms with Crippen LogP contribution in [0, 0.1) is 0 Å². The van der Waals surface area contributed by atoms with Gasteiger partial charge >= 0.3 is 0 Å². The molecule has 0 radical (unpaired) electrons. The van der Waals surface area contributed by atoms with Crippen molar-refractivity contribution in [3.05, 3.63) is 28.2 Å². The summed E-state index contributed by atoms with van der Waals surface area (Å²) >= 11 is 5.57. The molecule has 2 nitrogen and oxygen atoms in total. The van der Waals surface area contributed by atoms with E-state index in [1.54, 1.807) is 0 Å². The summed E-state index contributed by atoms with van der Waals surface area (Å²) < 4.78 is 1.18. The molecular formula is C15H25BrN2S.